The maximum atomic E-state index is 3.70. The average molecular weight is 330 g/mol. The number of hydrogen-bond donors (Lipinski definition) is 1. The van der Waals surface area contributed by atoms with Crippen molar-refractivity contribution >= 4 is 27.7 Å². The van der Waals surface area contributed by atoms with E-state index in [1.807, 2.05) is 11.8 Å². The first-order valence-corrected chi connectivity index (χ1v) is 8.62. The third-order valence-corrected chi connectivity index (χ3v) is 4.67. The standard InChI is InChI=1S/C15H24BrNS/c1-4-6-10-18-13-7-8-14(15(16)11-13)12(3)17-9-5-2/h7-8,11-12,17H,4-6,9-10H2,1-3H3. The van der Waals surface area contributed by atoms with E-state index >= 15 is 0 Å². The quantitative estimate of drug-likeness (QED) is 0.506. The van der Waals surface area contributed by atoms with Crippen LogP contribution in [0.4, 0.5) is 0 Å². The van der Waals surface area contributed by atoms with Gasteiger partial charge in [0.05, 0.1) is 0 Å². The highest BCUT2D eigenvalue weighted by Crippen LogP contribution is 2.29. The fourth-order valence-corrected chi connectivity index (χ4v) is 3.66. The number of nitrogens with one attached hydrogen (secondary N) is 1. The minimum atomic E-state index is 0.411. The fraction of sp³-hybridized carbons (Fsp3) is 0.600. The van der Waals surface area contributed by atoms with Gasteiger partial charge < -0.3 is 5.32 Å². The second-order valence-corrected chi connectivity index (χ2v) is 6.58. The Morgan fingerprint density at radius 1 is 1.28 bits per heavy atom. The molecule has 3 heteroatoms. The van der Waals surface area contributed by atoms with Crippen LogP contribution in [0.2, 0.25) is 0 Å². The first kappa shape index (κ1) is 16.1. The van der Waals surface area contributed by atoms with E-state index in [4.69, 9.17) is 0 Å². The molecule has 0 fully saturated rings. The Morgan fingerprint density at radius 3 is 2.67 bits per heavy atom. The molecule has 0 saturated heterocycles. The second kappa shape index (κ2) is 9.00. The molecule has 1 rings (SSSR count). The maximum absolute atomic E-state index is 3.70. The van der Waals surface area contributed by atoms with E-state index in [9.17, 15) is 0 Å². The van der Waals surface area contributed by atoms with Crippen LogP contribution in [0.1, 0.15) is 51.6 Å². The minimum absolute atomic E-state index is 0.411. The van der Waals surface area contributed by atoms with Crippen molar-refractivity contribution in [2.24, 2.45) is 0 Å². The van der Waals surface area contributed by atoms with E-state index in [2.05, 4.69) is 60.2 Å². The smallest absolute Gasteiger partial charge is 0.0302 e. The normalized spacial score (nSPS) is 12.7. The van der Waals surface area contributed by atoms with Crippen LogP contribution < -0.4 is 5.32 Å². The van der Waals surface area contributed by atoms with E-state index in [1.165, 1.54) is 39.9 Å². The van der Waals surface area contributed by atoms with Crippen molar-refractivity contribution in [1.29, 1.82) is 0 Å². The molecule has 102 valence electrons. The van der Waals surface area contributed by atoms with Crippen molar-refractivity contribution in [3.8, 4) is 0 Å². The van der Waals surface area contributed by atoms with Crippen LogP contribution in [0.3, 0.4) is 0 Å². The predicted octanol–water partition coefficient (Wildman–Crippen LogP) is 5.40. The van der Waals surface area contributed by atoms with Crippen LogP contribution in [-0.2, 0) is 0 Å². The van der Waals surface area contributed by atoms with Crippen LogP contribution in [0.5, 0.6) is 0 Å². The zero-order valence-electron chi connectivity index (χ0n) is 11.6. The van der Waals surface area contributed by atoms with Gasteiger partial charge in [-0.15, -0.1) is 11.8 Å². The van der Waals surface area contributed by atoms with Gasteiger partial charge in [0.15, 0.2) is 0 Å². The molecule has 0 radical (unpaired) electrons. The highest BCUT2D eigenvalue weighted by molar-refractivity contribution is 9.10. The molecule has 1 unspecified atom stereocenters. The van der Waals surface area contributed by atoms with Gasteiger partial charge in [-0.25, -0.2) is 0 Å². The lowest BCUT2D eigenvalue weighted by atomic mass is 10.1. The zero-order chi connectivity index (χ0) is 13.4. The Labute approximate surface area is 124 Å². The van der Waals surface area contributed by atoms with Crippen LogP contribution in [0.25, 0.3) is 0 Å². The molecule has 1 atom stereocenters. The zero-order valence-corrected chi connectivity index (χ0v) is 14.0. The van der Waals surface area contributed by atoms with E-state index in [1.54, 1.807) is 0 Å². The van der Waals surface area contributed by atoms with Crippen molar-refractivity contribution in [2.45, 2.75) is 51.0 Å². The third-order valence-electron chi connectivity index (χ3n) is 2.91. The predicted molar refractivity (Wildman–Crippen MR) is 86.5 cm³/mol. The number of halogens is 1. The number of benzene rings is 1. The van der Waals surface area contributed by atoms with Crippen LogP contribution in [-0.4, -0.2) is 12.3 Å². The van der Waals surface area contributed by atoms with Crippen molar-refractivity contribution in [3.05, 3.63) is 28.2 Å². The minimum Gasteiger partial charge on any atom is -0.310 e. The molecule has 1 aromatic rings. The third kappa shape index (κ3) is 5.33. The summed E-state index contributed by atoms with van der Waals surface area (Å²) in [7, 11) is 0. The number of thioether (sulfide) groups is 1. The Bertz CT molecular complexity index is 354. The van der Waals surface area contributed by atoms with E-state index < -0.39 is 0 Å². The monoisotopic (exact) mass is 329 g/mol. The molecule has 0 aromatic heterocycles. The van der Waals surface area contributed by atoms with Gasteiger partial charge in [0.2, 0.25) is 0 Å². The van der Waals surface area contributed by atoms with Gasteiger partial charge in [0.25, 0.3) is 0 Å². The van der Waals surface area contributed by atoms with Gasteiger partial charge in [0, 0.05) is 15.4 Å². The van der Waals surface area contributed by atoms with Gasteiger partial charge >= 0.3 is 0 Å². The van der Waals surface area contributed by atoms with Crippen molar-refractivity contribution in [1.82, 2.24) is 5.32 Å². The van der Waals surface area contributed by atoms with Crippen LogP contribution in [0, 0.1) is 0 Å². The summed E-state index contributed by atoms with van der Waals surface area (Å²) in [5.74, 6) is 1.21. The fourth-order valence-electron chi connectivity index (χ4n) is 1.75. The Balaban J connectivity index is 2.61. The molecule has 1 N–H and O–H groups in total. The average Bonchev–Trinajstić information content (AvgIpc) is 2.36. The van der Waals surface area contributed by atoms with Gasteiger partial charge in [-0.2, -0.15) is 0 Å². The summed E-state index contributed by atoms with van der Waals surface area (Å²) in [6.45, 7) is 7.73. The molecular weight excluding hydrogens is 306 g/mol. The molecule has 1 nitrogen and oxygen atoms in total. The van der Waals surface area contributed by atoms with E-state index in [0.717, 1.165) is 6.54 Å². The Kier molecular flexibility index (Phi) is 8.03. The van der Waals surface area contributed by atoms with Crippen LogP contribution >= 0.6 is 27.7 Å². The lowest BCUT2D eigenvalue weighted by molar-refractivity contribution is 0.568. The molecule has 0 spiro atoms. The maximum Gasteiger partial charge on any atom is 0.0302 e. The summed E-state index contributed by atoms with van der Waals surface area (Å²) in [6, 6.07) is 7.14. The van der Waals surface area contributed by atoms with Crippen molar-refractivity contribution < 1.29 is 0 Å². The molecule has 0 aliphatic carbocycles. The molecule has 0 aliphatic heterocycles. The van der Waals surface area contributed by atoms with E-state index in [-0.39, 0.29) is 0 Å². The summed E-state index contributed by atoms with van der Waals surface area (Å²) >= 11 is 5.64. The van der Waals surface area contributed by atoms with Gasteiger partial charge in [0.1, 0.15) is 0 Å². The summed E-state index contributed by atoms with van der Waals surface area (Å²) in [5, 5.41) is 3.52. The van der Waals surface area contributed by atoms with Crippen molar-refractivity contribution in [2.75, 3.05) is 12.3 Å². The lowest BCUT2D eigenvalue weighted by Gasteiger charge is -2.16. The lowest BCUT2D eigenvalue weighted by Crippen LogP contribution is -2.19. The second-order valence-electron chi connectivity index (χ2n) is 4.56. The summed E-state index contributed by atoms with van der Waals surface area (Å²) < 4.78 is 1.22. The molecule has 0 heterocycles. The number of unbranched alkanes of at least 4 members (excludes halogenated alkanes) is 1. The first-order chi connectivity index (χ1) is 8.69. The molecule has 18 heavy (non-hydrogen) atoms. The van der Waals surface area contributed by atoms with Crippen LogP contribution in [0.15, 0.2) is 27.6 Å². The molecule has 1 aromatic carbocycles. The summed E-state index contributed by atoms with van der Waals surface area (Å²) in [4.78, 5) is 1.36. The molecule has 0 saturated carbocycles. The van der Waals surface area contributed by atoms with E-state index in [0.29, 0.717) is 6.04 Å². The molecule has 0 bridgehead atoms. The number of rotatable bonds is 8. The summed E-state index contributed by atoms with van der Waals surface area (Å²) in [5.41, 5.74) is 1.35. The Hall–Kier alpha value is 0.01000. The van der Waals surface area contributed by atoms with Crippen molar-refractivity contribution in [3.63, 3.8) is 0 Å². The largest absolute Gasteiger partial charge is 0.310 e. The first-order valence-electron chi connectivity index (χ1n) is 6.84. The SMILES string of the molecule is CCCCSc1ccc(C(C)NCCC)c(Br)c1. The highest BCUT2D eigenvalue weighted by atomic mass is 79.9. The molecule has 0 aliphatic rings. The topological polar surface area (TPSA) is 12.0 Å². The number of hydrogen-bond acceptors (Lipinski definition) is 2. The van der Waals surface area contributed by atoms with Gasteiger partial charge in [-0.05, 0) is 49.8 Å². The Morgan fingerprint density at radius 2 is 2.06 bits per heavy atom. The highest BCUT2D eigenvalue weighted by Gasteiger charge is 2.09. The molecular formula is C15H24BrNS. The van der Waals surface area contributed by atoms with Gasteiger partial charge in [-0.3, -0.25) is 0 Å². The summed E-state index contributed by atoms with van der Waals surface area (Å²) in [6.07, 6.45) is 3.73. The van der Waals surface area contributed by atoms with Gasteiger partial charge in [-0.1, -0.05) is 42.3 Å². The molecule has 0 amide bonds.